The molecule has 0 aliphatic heterocycles. The first-order valence-corrected chi connectivity index (χ1v) is 10.2. The Morgan fingerprint density at radius 1 is 1.25 bits per heavy atom. The van der Waals surface area contributed by atoms with Gasteiger partial charge < -0.3 is 14.1 Å². The lowest BCUT2D eigenvalue weighted by atomic mass is 10.2. The van der Waals surface area contributed by atoms with Crippen LogP contribution in [0.25, 0.3) is 10.8 Å². The summed E-state index contributed by atoms with van der Waals surface area (Å²) in [6.45, 7) is 1.86. The van der Waals surface area contributed by atoms with Crippen molar-refractivity contribution in [1.82, 2.24) is 9.88 Å². The highest BCUT2D eigenvalue weighted by molar-refractivity contribution is 9.10. The van der Waals surface area contributed by atoms with Crippen molar-refractivity contribution < 1.29 is 18.7 Å². The molecule has 28 heavy (non-hydrogen) atoms. The highest BCUT2D eigenvalue weighted by Gasteiger charge is 2.18. The van der Waals surface area contributed by atoms with E-state index in [1.54, 1.807) is 14.0 Å². The van der Waals surface area contributed by atoms with E-state index in [0.29, 0.717) is 23.9 Å². The van der Waals surface area contributed by atoms with Crippen LogP contribution in [0.4, 0.5) is 0 Å². The number of esters is 1. The number of rotatable bonds is 7. The minimum absolute atomic E-state index is 0.0397. The Bertz CT molecular complexity index is 969. The molecule has 2 heterocycles. The van der Waals surface area contributed by atoms with Crippen LogP contribution in [0.15, 0.2) is 50.7 Å². The van der Waals surface area contributed by atoms with Gasteiger partial charge in [0.2, 0.25) is 5.89 Å². The minimum atomic E-state index is -0.517. The molecule has 0 saturated heterocycles. The van der Waals surface area contributed by atoms with E-state index in [9.17, 15) is 9.59 Å². The van der Waals surface area contributed by atoms with Gasteiger partial charge in [-0.3, -0.25) is 9.59 Å². The van der Waals surface area contributed by atoms with Crippen LogP contribution < -0.4 is 0 Å². The molecule has 0 bridgehead atoms. The van der Waals surface area contributed by atoms with Crippen LogP contribution in [0.1, 0.15) is 17.0 Å². The van der Waals surface area contributed by atoms with E-state index in [0.717, 1.165) is 14.9 Å². The molecule has 1 aromatic carbocycles. The van der Waals surface area contributed by atoms with Gasteiger partial charge in [-0.2, -0.15) is 0 Å². The lowest BCUT2D eigenvalue weighted by molar-refractivity contribution is -0.151. The summed E-state index contributed by atoms with van der Waals surface area (Å²) >= 11 is 4.97. The van der Waals surface area contributed by atoms with Gasteiger partial charge in [-0.15, -0.1) is 11.3 Å². The van der Waals surface area contributed by atoms with Gasteiger partial charge in [0.1, 0.15) is 5.76 Å². The van der Waals surface area contributed by atoms with Crippen molar-refractivity contribution in [3.63, 3.8) is 0 Å². The summed E-state index contributed by atoms with van der Waals surface area (Å²) < 4.78 is 11.7. The van der Waals surface area contributed by atoms with Crippen molar-refractivity contribution in [3.05, 3.63) is 63.3 Å². The first kappa shape index (κ1) is 20.3. The van der Waals surface area contributed by atoms with E-state index in [4.69, 9.17) is 9.15 Å². The molecule has 3 aromatic rings. The molecule has 0 fully saturated rings. The molecule has 146 valence electrons. The number of thiophene rings is 1. The van der Waals surface area contributed by atoms with Crippen molar-refractivity contribution in [1.29, 1.82) is 0 Å². The SMILES string of the molecule is Cc1oc(-c2cccs2)nc1CC(=O)OCC(=O)N(C)Cc1ccccc1Br. The summed E-state index contributed by atoms with van der Waals surface area (Å²) in [5, 5.41) is 1.93. The van der Waals surface area contributed by atoms with E-state index in [2.05, 4.69) is 20.9 Å². The number of aryl methyl sites for hydroxylation is 1. The molecular weight excluding hydrogens is 444 g/mol. The van der Waals surface area contributed by atoms with Crippen molar-refractivity contribution in [3.8, 4) is 10.8 Å². The second kappa shape index (κ2) is 9.16. The molecule has 0 aliphatic carbocycles. The molecule has 0 spiro atoms. The van der Waals surface area contributed by atoms with E-state index >= 15 is 0 Å². The predicted molar refractivity (Wildman–Crippen MR) is 110 cm³/mol. The minimum Gasteiger partial charge on any atom is -0.455 e. The highest BCUT2D eigenvalue weighted by Crippen LogP contribution is 2.26. The van der Waals surface area contributed by atoms with Crippen LogP contribution in [0.5, 0.6) is 0 Å². The summed E-state index contributed by atoms with van der Waals surface area (Å²) in [6, 6.07) is 11.5. The molecule has 0 aliphatic rings. The normalized spacial score (nSPS) is 10.7. The third-order valence-corrected chi connectivity index (χ3v) is 5.72. The number of amides is 1. The number of likely N-dealkylation sites (N-methyl/N-ethyl adjacent to an activating group) is 1. The number of benzene rings is 1. The summed E-state index contributed by atoms with van der Waals surface area (Å²) in [5.41, 5.74) is 1.49. The Morgan fingerprint density at radius 3 is 2.75 bits per heavy atom. The molecule has 2 aromatic heterocycles. The van der Waals surface area contributed by atoms with Crippen LogP contribution >= 0.6 is 27.3 Å². The molecule has 0 saturated carbocycles. The third kappa shape index (κ3) is 5.08. The lowest BCUT2D eigenvalue weighted by Crippen LogP contribution is -2.31. The van der Waals surface area contributed by atoms with Crippen molar-refractivity contribution in [2.45, 2.75) is 19.9 Å². The summed E-state index contributed by atoms with van der Waals surface area (Å²) in [6.07, 6.45) is -0.0397. The first-order chi connectivity index (χ1) is 13.4. The Balaban J connectivity index is 1.51. The van der Waals surface area contributed by atoms with Crippen LogP contribution in [0.2, 0.25) is 0 Å². The monoisotopic (exact) mass is 462 g/mol. The molecule has 6 nitrogen and oxygen atoms in total. The Labute approximate surface area is 175 Å². The maximum atomic E-state index is 12.2. The molecule has 0 radical (unpaired) electrons. The van der Waals surface area contributed by atoms with E-state index < -0.39 is 5.97 Å². The highest BCUT2D eigenvalue weighted by atomic mass is 79.9. The number of carbonyl (C=O) groups excluding carboxylic acids is 2. The molecule has 0 atom stereocenters. The fourth-order valence-electron chi connectivity index (χ4n) is 2.51. The number of halogens is 1. The molecule has 8 heteroatoms. The van der Waals surface area contributed by atoms with Crippen LogP contribution in [-0.4, -0.2) is 35.4 Å². The zero-order valence-electron chi connectivity index (χ0n) is 15.5. The smallest absolute Gasteiger partial charge is 0.312 e. The summed E-state index contributed by atoms with van der Waals surface area (Å²) in [5.74, 6) is 0.259. The van der Waals surface area contributed by atoms with Crippen molar-refractivity contribution in [2.75, 3.05) is 13.7 Å². The number of ether oxygens (including phenoxy) is 1. The average molecular weight is 463 g/mol. The van der Waals surface area contributed by atoms with E-state index in [1.165, 1.54) is 16.2 Å². The summed E-state index contributed by atoms with van der Waals surface area (Å²) in [4.78, 5) is 31.1. The van der Waals surface area contributed by atoms with E-state index in [-0.39, 0.29) is 18.9 Å². The van der Waals surface area contributed by atoms with Crippen LogP contribution in [0, 0.1) is 6.92 Å². The van der Waals surface area contributed by atoms with Crippen LogP contribution in [0.3, 0.4) is 0 Å². The van der Waals surface area contributed by atoms with Crippen molar-refractivity contribution >= 4 is 39.1 Å². The van der Waals surface area contributed by atoms with Gasteiger partial charge in [0, 0.05) is 18.1 Å². The number of aromatic nitrogens is 1. The topological polar surface area (TPSA) is 72.6 Å². The first-order valence-electron chi connectivity index (χ1n) is 8.57. The van der Waals surface area contributed by atoms with Gasteiger partial charge in [-0.1, -0.05) is 40.2 Å². The molecule has 0 N–H and O–H groups in total. The summed E-state index contributed by atoms with van der Waals surface area (Å²) in [7, 11) is 1.67. The molecular formula is C20H19BrN2O4S. The Morgan fingerprint density at radius 2 is 2.04 bits per heavy atom. The number of oxazole rings is 1. The van der Waals surface area contributed by atoms with Gasteiger partial charge >= 0.3 is 5.97 Å². The Kier molecular flexibility index (Phi) is 6.64. The predicted octanol–water partition coefficient (Wildman–Crippen LogP) is 4.22. The average Bonchev–Trinajstić information content (AvgIpc) is 3.32. The fraction of sp³-hybridized carbons (Fsp3) is 0.250. The van der Waals surface area contributed by atoms with E-state index in [1.807, 2.05) is 41.8 Å². The van der Waals surface area contributed by atoms with Gasteiger partial charge in [0.25, 0.3) is 5.91 Å². The molecule has 1 amide bonds. The number of hydrogen-bond donors (Lipinski definition) is 0. The van der Waals surface area contributed by atoms with Crippen molar-refractivity contribution in [2.24, 2.45) is 0 Å². The second-order valence-electron chi connectivity index (χ2n) is 6.18. The quantitative estimate of drug-likeness (QED) is 0.491. The van der Waals surface area contributed by atoms with Gasteiger partial charge in [0.05, 0.1) is 17.0 Å². The lowest BCUT2D eigenvalue weighted by Gasteiger charge is -2.18. The Hall–Kier alpha value is -2.45. The van der Waals surface area contributed by atoms with Gasteiger partial charge in [-0.25, -0.2) is 4.98 Å². The number of carbonyl (C=O) groups is 2. The molecule has 0 unspecified atom stereocenters. The van der Waals surface area contributed by atoms with Gasteiger partial charge in [-0.05, 0) is 30.0 Å². The second-order valence-corrected chi connectivity index (χ2v) is 7.98. The third-order valence-electron chi connectivity index (χ3n) is 4.08. The zero-order chi connectivity index (χ0) is 20.1. The maximum absolute atomic E-state index is 12.2. The maximum Gasteiger partial charge on any atom is 0.312 e. The van der Waals surface area contributed by atoms with Gasteiger partial charge in [0.15, 0.2) is 6.61 Å². The zero-order valence-corrected chi connectivity index (χ0v) is 17.9. The van der Waals surface area contributed by atoms with Crippen LogP contribution in [-0.2, 0) is 27.3 Å². The molecule has 3 rings (SSSR count). The largest absolute Gasteiger partial charge is 0.455 e. The standard InChI is InChI=1S/C20H19BrN2O4S/c1-13-16(22-20(27-13)17-8-5-9-28-17)10-19(25)26-12-18(24)23(2)11-14-6-3-4-7-15(14)21/h3-9H,10-12H2,1-2H3. The number of nitrogens with zero attached hydrogens (tertiary/aromatic N) is 2. The number of hydrogen-bond acceptors (Lipinski definition) is 6. The fourth-order valence-corrected chi connectivity index (χ4v) is 3.57.